The molecule has 0 atom stereocenters. The molecule has 0 bridgehead atoms. The molecule has 2 N–H and O–H groups in total. The van der Waals surface area contributed by atoms with Gasteiger partial charge in [-0.3, -0.25) is 4.99 Å². The molecule has 1 saturated heterocycles. The number of hydrogen-bond acceptors (Lipinski definition) is 4. The van der Waals surface area contributed by atoms with Crippen LogP contribution in [0.1, 0.15) is 25.3 Å². The van der Waals surface area contributed by atoms with Gasteiger partial charge >= 0.3 is 5.97 Å². The summed E-state index contributed by atoms with van der Waals surface area (Å²) in [6, 6.07) is 8.00. The lowest BCUT2D eigenvalue weighted by molar-refractivity contribution is -0.132. The minimum absolute atomic E-state index is 0.211. The largest absolute Gasteiger partial charge is 0.507 e. The summed E-state index contributed by atoms with van der Waals surface area (Å²) in [6.45, 7) is 4.45. The van der Waals surface area contributed by atoms with E-state index in [2.05, 4.69) is 9.89 Å². The maximum atomic E-state index is 11.1. The molecule has 0 amide bonds. The number of allylic oxidation sites excluding steroid dienone is 1. The highest BCUT2D eigenvalue weighted by molar-refractivity contribution is 6.09. The van der Waals surface area contributed by atoms with Crippen molar-refractivity contribution in [2.45, 2.75) is 19.8 Å². The number of aliphatic hydroxyl groups excluding tert-OH is 1. The fourth-order valence-corrected chi connectivity index (χ4v) is 2.45. The number of rotatable bonds is 6. The Morgan fingerprint density at radius 1 is 1.22 bits per heavy atom. The van der Waals surface area contributed by atoms with Crippen molar-refractivity contribution in [3.8, 4) is 0 Å². The van der Waals surface area contributed by atoms with Crippen molar-refractivity contribution in [2.24, 2.45) is 4.99 Å². The zero-order valence-electron chi connectivity index (χ0n) is 13.3. The monoisotopic (exact) mass is 314 g/mol. The highest BCUT2D eigenvalue weighted by Crippen LogP contribution is 2.21. The zero-order chi connectivity index (χ0) is 16.7. The normalized spacial score (nSPS) is 16.3. The van der Waals surface area contributed by atoms with Crippen LogP contribution in [0.5, 0.6) is 0 Å². The zero-order valence-corrected chi connectivity index (χ0v) is 13.3. The van der Waals surface area contributed by atoms with Gasteiger partial charge in [-0.2, -0.15) is 0 Å². The summed E-state index contributed by atoms with van der Waals surface area (Å²) in [5.41, 5.74) is 1.88. The van der Waals surface area contributed by atoms with Crippen LogP contribution < -0.4 is 4.90 Å². The lowest BCUT2D eigenvalue weighted by atomic mass is 10.1. The van der Waals surface area contributed by atoms with Gasteiger partial charge in [-0.15, -0.1) is 0 Å². The number of nitrogens with zero attached hydrogens (tertiary/aromatic N) is 2. The first-order chi connectivity index (χ1) is 11.1. The Kier molecular flexibility index (Phi) is 5.97. The molecule has 5 heteroatoms. The standard InChI is InChI=1S/C18H22N2O3/c1-2-19-13-16(18(22)23)17(21)10-7-14-5-8-15(9-6-14)20-11-3-4-12-20/h5-10,13,21H,2-4,11-12H2,1H3,(H,22,23)/b10-7+,17-16-,19-13?. The van der Waals surface area contributed by atoms with Crippen molar-refractivity contribution in [3.05, 3.63) is 47.2 Å². The smallest absolute Gasteiger partial charge is 0.341 e. The third kappa shape index (κ3) is 4.71. The van der Waals surface area contributed by atoms with Crippen LogP contribution in [0, 0.1) is 0 Å². The first kappa shape index (κ1) is 16.8. The number of anilines is 1. The maximum absolute atomic E-state index is 11.1. The molecule has 1 aromatic carbocycles. The van der Waals surface area contributed by atoms with Gasteiger partial charge in [-0.1, -0.05) is 18.2 Å². The third-order valence-electron chi connectivity index (χ3n) is 3.71. The molecule has 1 heterocycles. The first-order valence-corrected chi connectivity index (χ1v) is 7.81. The molecule has 0 radical (unpaired) electrons. The van der Waals surface area contributed by atoms with Crippen molar-refractivity contribution in [2.75, 3.05) is 24.5 Å². The van der Waals surface area contributed by atoms with Crippen LogP contribution in [0.3, 0.4) is 0 Å². The quantitative estimate of drug-likeness (QED) is 0.366. The SMILES string of the molecule is CCN=C/C(C(=O)O)=C(O)\C=C\c1ccc(N2CCCC2)cc1. The fourth-order valence-electron chi connectivity index (χ4n) is 2.45. The Bertz CT molecular complexity index is 624. The van der Waals surface area contributed by atoms with Gasteiger partial charge in [0.15, 0.2) is 0 Å². The van der Waals surface area contributed by atoms with E-state index in [-0.39, 0.29) is 11.3 Å². The number of aliphatic imine (C=N–C) groups is 1. The molecule has 0 spiro atoms. The van der Waals surface area contributed by atoms with E-state index in [4.69, 9.17) is 5.11 Å². The van der Waals surface area contributed by atoms with Gasteiger partial charge in [-0.05, 0) is 43.5 Å². The van der Waals surface area contributed by atoms with Crippen molar-refractivity contribution < 1.29 is 15.0 Å². The predicted octanol–water partition coefficient (Wildman–Crippen LogP) is 3.29. The topological polar surface area (TPSA) is 73.1 Å². The molecule has 1 aliphatic rings. The Labute approximate surface area is 136 Å². The molecule has 2 rings (SSSR count). The number of benzene rings is 1. The second kappa shape index (κ2) is 8.17. The van der Waals surface area contributed by atoms with Crippen LogP contribution in [0.2, 0.25) is 0 Å². The fraction of sp³-hybridized carbons (Fsp3) is 0.333. The van der Waals surface area contributed by atoms with E-state index in [0.29, 0.717) is 6.54 Å². The lowest BCUT2D eigenvalue weighted by Gasteiger charge is -2.17. The van der Waals surface area contributed by atoms with Crippen LogP contribution in [0.4, 0.5) is 5.69 Å². The minimum Gasteiger partial charge on any atom is -0.507 e. The van der Waals surface area contributed by atoms with E-state index in [9.17, 15) is 9.90 Å². The lowest BCUT2D eigenvalue weighted by Crippen LogP contribution is -2.17. The van der Waals surface area contributed by atoms with Crippen LogP contribution in [-0.4, -0.2) is 42.0 Å². The molecule has 0 aliphatic carbocycles. The van der Waals surface area contributed by atoms with Gasteiger partial charge in [0, 0.05) is 31.5 Å². The van der Waals surface area contributed by atoms with E-state index in [1.807, 2.05) is 24.3 Å². The molecule has 122 valence electrons. The number of aliphatic hydroxyl groups is 1. The Morgan fingerprint density at radius 2 is 1.87 bits per heavy atom. The summed E-state index contributed by atoms with van der Waals surface area (Å²) in [7, 11) is 0. The number of carboxylic acid groups (broad SMARTS) is 1. The van der Waals surface area contributed by atoms with Crippen LogP contribution in [0.25, 0.3) is 6.08 Å². The summed E-state index contributed by atoms with van der Waals surface area (Å²) in [5.74, 6) is -1.51. The van der Waals surface area contributed by atoms with Gasteiger partial charge < -0.3 is 15.1 Å². The van der Waals surface area contributed by atoms with Crippen molar-refractivity contribution in [1.82, 2.24) is 0 Å². The molecule has 0 unspecified atom stereocenters. The van der Waals surface area contributed by atoms with E-state index in [0.717, 1.165) is 18.7 Å². The van der Waals surface area contributed by atoms with Crippen LogP contribution >= 0.6 is 0 Å². The second-order valence-electron chi connectivity index (χ2n) is 5.35. The first-order valence-electron chi connectivity index (χ1n) is 7.81. The second-order valence-corrected chi connectivity index (χ2v) is 5.35. The van der Waals surface area contributed by atoms with Crippen LogP contribution in [0.15, 0.2) is 46.7 Å². The highest BCUT2D eigenvalue weighted by Gasteiger charge is 2.12. The van der Waals surface area contributed by atoms with Crippen molar-refractivity contribution in [3.63, 3.8) is 0 Å². The summed E-state index contributed by atoms with van der Waals surface area (Å²) in [5, 5.41) is 19.0. The predicted molar refractivity (Wildman–Crippen MR) is 93.2 cm³/mol. The van der Waals surface area contributed by atoms with Crippen molar-refractivity contribution >= 4 is 23.9 Å². The molecular formula is C18H22N2O3. The van der Waals surface area contributed by atoms with E-state index >= 15 is 0 Å². The Hall–Kier alpha value is -2.56. The van der Waals surface area contributed by atoms with Crippen LogP contribution in [-0.2, 0) is 4.79 Å². The highest BCUT2D eigenvalue weighted by atomic mass is 16.4. The molecular weight excluding hydrogens is 292 g/mol. The molecule has 1 aromatic rings. The summed E-state index contributed by atoms with van der Waals surface area (Å²) in [6.07, 6.45) is 6.72. The van der Waals surface area contributed by atoms with Gasteiger partial charge in [0.25, 0.3) is 0 Å². The van der Waals surface area contributed by atoms with E-state index in [1.54, 1.807) is 13.0 Å². The van der Waals surface area contributed by atoms with Gasteiger partial charge in [0.1, 0.15) is 11.3 Å². The van der Waals surface area contributed by atoms with Gasteiger partial charge in [0.05, 0.1) is 0 Å². The molecule has 0 saturated carbocycles. The summed E-state index contributed by atoms with van der Waals surface area (Å²) < 4.78 is 0. The average molecular weight is 314 g/mol. The van der Waals surface area contributed by atoms with Gasteiger partial charge in [-0.25, -0.2) is 4.79 Å². The number of carbonyl (C=O) groups is 1. The Morgan fingerprint density at radius 3 is 2.43 bits per heavy atom. The molecule has 23 heavy (non-hydrogen) atoms. The van der Waals surface area contributed by atoms with Gasteiger partial charge in [0.2, 0.25) is 0 Å². The molecule has 0 aromatic heterocycles. The maximum Gasteiger partial charge on any atom is 0.341 e. The molecule has 1 fully saturated rings. The number of aliphatic carboxylic acids is 1. The van der Waals surface area contributed by atoms with E-state index in [1.165, 1.54) is 30.8 Å². The minimum atomic E-state index is -1.20. The van der Waals surface area contributed by atoms with E-state index < -0.39 is 5.97 Å². The summed E-state index contributed by atoms with van der Waals surface area (Å²) >= 11 is 0. The third-order valence-corrected chi connectivity index (χ3v) is 3.71. The number of hydrogen-bond donors (Lipinski definition) is 2. The van der Waals surface area contributed by atoms with Crippen molar-refractivity contribution in [1.29, 1.82) is 0 Å². The Balaban J connectivity index is 2.11. The molecule has 1 aliphatic heterocycles. The number of carboxylic acids is 1. The molecule has 5 nitrogen and oxygen atoms in total. The average Bonchev–Trinajstić information content (AvgIpc) is 3.08. The summed E-state index contributed by atoms with van der Waals surface area (Å²) in [4.78, 5) is 17.3.